The summed E-state index contributed by atoms with van der Waals surface area (Å²) in [6, 6.07) is 13.6. The predicted octanol–water partition coefficient (Wildman–Crippen LogP) is 2.75. The fraction of sp³-hybridized carbons (Fsp3) is 0.150. The number of benzene rings is 2. The topological polar surface area (TPSA) is 103 Å². The van der Waals surface area contributed by atoms with Crippen LogP contribution in [0.2, 0.25) is 5.02 Å². The average Bonchev–Trinajstić information content (AvgIpc) is 3.07. The lowest BCUT2D eigenvalue weighted by molar-refractivity contribution is -0.144. The molecule has 9 heteroatoms. The van der Waals surface area contributed by atoms with Crippen molar-refractivity contribution in [3.05, 3.63) is 65.0 Å². The molecule has 0 radical (unpaired) electrons. The Morgan fingerprint density at radius 3 is 2.66 bits per heavy atom. The summed E-state index contributed by atoms with van der Waals surface area (Å²) < 4.78 is 15.3. The SMILES string of the molecule is COc1ccc(Cl)cc1NC(=O)COC(=O)C1=C(Nc2ccccc2)OCC1=O. The average molecular weight is 417 g/mol. The van der Waals surface area contributed by atoms with Gasteiger partial charge in [0.15, 0.2) is 18.8 Å². The van der Waals surface area contributed by atoms with Gasteiger partial charge in [-0.25, -0.2) is 4.79 Å². The molecule has 0 fully saturated rings. The Labute approximate surface area is 171 Å². The molecule has 0 saturated heterocycles. The molecule has 2 N–H and O–H groups in total. The molecule has 0 atom stereocenters. The number of ether oxygens (including phenoxy) is 3. The number of nitrogens with one attached hydrogen (secondary N) is 2. The van der Waals surface area contributed by atoms with Gasteiger partial charge >= 0.3 is 5.97 Å². The van der Waals surface area contributed by atoms with Crippen LogP contribution in [0.4, 0.5) is 11.4 Å². The first kappa shape index (κ1) is 20.2. The molecule has 0 spiro atoms. The van der Waals surface area contributed by atoms with E-state index in [0.29, 0.717) is 22.1 Å². The van der Waals surface area contributed by atoms with Crippen LogP contribution in [0.15, 0.2) is 60.0 Å². The fourth-order valence-electron chi connectivity index (χ4n) is 2.53. The van der Waals surface area contributed by atoms with Gasteiger partial charge in [-0.15, -0.1) is 0 Å². The molecular weight excluding hydrogens is 400 g/mol. The van der Waals surface area contributed by atoms with Crippen LogP contribution in [-0.4, -0.2) is 38.0 Å². The number of methoxy groups -OCH3 is 1. The second-order valence-electron chi connectivity index (χ2n) is 5.88. The van der Waals surface area contributed by atoms with Crippen molar-refractivity contribution in [2.45, 2.75) is 0 Å². The van der Waals surface area contributed by atoms with Crippen molar-refractivity contribution < 1.29 is 28.6 Å². The second-order valence-corrected chi connectivity index (χ2v) is 6.31. The molecule has 0 aliphatic carbocycles. The van der Waals surface area contributed by atoms with Crippen molar-refractivity contribution in [3.63, 3.8) is 0 Å². The van der Waals surface area contributed by atoms with E-state index in [-0.39, 0.29) is 18.1 Å². The highest BCUT2D eigenvalue weighted by atomic mass is 35.5. The number of esters is 1. The van der Waals surface area contributed by atoms with Crippen LogP contribution in [0.25, 0.3) is 0 Å². The number of amides is 1. The number of Topliss-reactive ketones (excluding diaryl/α,β-unsaturated/α-hetero) is 1. The van der Waals surface area contributed by atoms with Crippen LogP contribution in [-0.2, 0) is 23.9 Å². The Morgan fingerprint density at radius 2 is 1.93 bits per heavy atom. The minimum absolute atomic E-state index is 0.0110. The Bertz CT molecular complexity index is 974. The van der Waals surface area contributed by atoms with Crippen LogP contribution < -0.4 is 15.4 Å². The van der Waals surface area contributed by atoms with E-state index >= 15 is 0 Å². The third kappa shape index (κ3) is 5.05. The molecular formula is C20H17ClN2O6. The van der Waals surface area contributed by atoms with Crippen molar-refractivity contribution in [1.29, 1.82) is 0 Å². The van der Waals surface area contributed by atoms with E-state index in [4.69, 9.17) is 25.8 Å². The zero-order valence-corrected chi connectivity index (χ0v) is 16.1. The van der Waals surface area contributed by atoms with Crippen LogP contribution in [0.5, 0.6) is 5.75 Å². The van der Waals surface area contributed by atoms with E-state index in [2.05, 4.69) is 10.6 Å². The molecule has 3 rings (SSSR count). The lowest BCUT2D eigenvalue weighted by atomic mass is 10.2. The van der Waals surface area contributed by atoms with E-state index in [1.165, 1.54) is 13.2 Å². The van der Waals surface area contributed by atoms with Gasteiger partial charge in [-0.2, -0.15) is 0 Å². The Kier molecular flexibility index (Phi) is 6.36. The van der Waals surface area contributed by atoms with Crippen molar-refractivity contribution in [2.75, 3.05) is 31.0 Å². The molecule has 1 heterocycles. The van der Waals surface area contributed by atoms with Gasteiger partial charge in [0.25, 0.3) is 5.91 Å². The van der Waals surface area contributed by atoms with Crippen molar-refractivity contribution in [1.82, 2.24) is 0 Å². The fourth-order valence-corrected chi connectivity index (χ4v) is 2.71. The number of rotatable bonds is 7. The first-order chi connectivity index (χ1) is 14.0. The van der Waals surface area contributed by atoms with Crippen molar-refractivity contribution in [3.8, 4) is 5.75 Å². The minimum atomic E-state index is -0.959. The molecule has 1 aliphatic heterocycles. The van der Waals surface area contributed by atoms with Gasteiger partial charge < -0.3 is 24.8 Å². The number of ketones is 1. The van der Waals surface area contributed by atoms with Crippen molar-refractivity contribution in [2.24, 2.45) is 0 Å². The molecule has 0 bridgehead atoms. The third-order valence-corrected chi connectivity index (χ3v) is 4.09. The largest absolute Gasteiger partial charge is 0.495 e. The maximum absolute atomic E-state index is 12.3. The summed E-state index contributed by atoms with van der Waals surface area (Å²) in [6.07, 6.45) is 0. The molecule has 1 amide bonds. The summed E-state index contributed by atoms with van der Waals surface area (Å²) in [5.74, 6) is -1.73. The monoisotopic (exact) mass is 416 g/mol. The van der Waals surface area contributed by atoms with Gasteiger partial charge in [0.05, 0.1) is 12.8 Å². The summed E-state index contributed by atoms with van der Waals surface area (Å²) in [4.78, 5) is 36.5. The van der Waals surface area contributed by atoms with Gasteiger partial charge in [0.1, 0.15) is 5.75 Å². The summed E-state index contributed by atoms with van der Waals surface area (Å²) >= 11 is 5.91. The number of hydrogen-bond donors (Lipinski definition) is 2. The van der Waals surface area contributed by atoms with E-state index in [9.17, 15) is 14.4 Å². The highest BCUT2D eigenvalue weighted by molar-refractivity contribution is 6.31. The van der Waals surface area contributed by atoms with E-state index < -0.39 is 24.3 Å². The summed E-state index contributed by atoms with van der Waals surface area (Å²) in [6.45, 7) is -0.893. The van der Waals surface area contributed by atoms with E-state index in [0.717, 1.165) is 0 Å². The maximum Gasteiger partial charge on any atom is 0.347 e. The highest BCUT2D eigenvalue weighted by Gasteiger charge is 2.32. The normalized spacial score (nSPS) is 13.0. The zero-order chi connectivity index (χ0) is 20.8. The number of para-hydroxylation sites is 1. The maximum atomic E-state index is 12.3. The van der Waals surface area contributed by atoms with E-state index in [1.54, 1.807) is 36.4 Å². The van der Waals surface area contributed by atoms with Gasteiger partial charge in [-0.3, -0.25) is 9.59 Å². The van der Waals surface area contributed by atoms with Crippen molar-refractivity contribution >= 4 is 40.6 Å². The molecule has 2 aromatic carbocycles. The highest BCUT2D eigenvalue weighted by Crippen LogP contribution is 2.27. The van der Waals surface area contributed by atoms with E-state index in [1.807, 2.05) is 6.07 Å². The molecule has 2 aromatic rings. The van der Waals surface area contributed by atoms with Gasteiger partial charge in [-0.1, -0.05) is 29.8 Å². The molecule has 29 heavy (non-hydrogen) atoms. The third-order valence-electron chi connectivity index (χ3n) is 3.86. The molecule has 150 valence electrons. The quantitative estimate of drug-likeness (QED) is 0.528. The van der Waals surface area contributed by atoms with Crippen LogP contribution in [0, 0.1) is 0 Å². The molecule has 0 aromatic heterocycles. The molecule has 1 aliphatic rings. The summed E-state index contributed by atoms with van der Waals surface area (Å²) in [5.41, 5.74) is 0.683. The smallest absolute Gasteiger partial charge is 0.347 e. The van der Waals surface area contributed by atoms with Crippen LogP contribution in [0.1, 0.15) is 0 Å². The zero-order valence-electron chi connectivity index (χ0n) is 15.4. The minimum Gasteiger partial charge on any atom is -0.495 e. The molecule has 0 unspecified atom stereocenters. The van der Waals surface area contributed by atoms with Gasteiger partial charge in [0, 0.05) is 10.7 Å². The lowest BCUT2D eigenvalue weighted by Gasteiger charge is -2.11. The summed E-state index contributed by atoms with van der Waals surface area (Å²) in [5, 5.41) is 5.79. The Balaban J connectivity index is 1.64. The number of hydrogen-bond acceptors (Lipinski definition) is 7. The molecule has 8 nitrogen and oxygen atoms in total. The number of anilines is 2. The first-order valence-corrected chi connectivity index (χ1v) is 8.88. The first-order valence-electron chi connectivity index (χ1n) is 8.51. The predicted molar refractivity (Wildman–Crippen MR) is 106 cm³/mol. The second kappa shape index (κ2) is 9.11. The standard InChI is InChI=1S/C20H17ClN2O6/c1-27-16-8-7-12(21)9-14(16)23-17(25)11-29-20(26)18-15(24)10-28-19(18)22-13-5-3-2-4-6-13/h2-9,22H,10-11H2,1H3,(H,23,25). The number of halogens is 1. The molecule has 0 saturated carbocycles. The van der Waals surface area contributed by atoms with Crippen LogP contribution in [0.3, 0.4) is 0 Å². The number of carbonyl (C=O) groups excluding carboxylic acids is 3. The Morgan fingerprint density at radius 1 is 1.17 bits per heavy atom. The lowest BCUT2D eigenvalue weighted by Crippen LogP contribution is -2.24. The number of carbonyl (C=O) groups is 3. The Hall–Kier alpha value is -3.52. The van der Waals surface area contributed by atoms with Gasteiger partial charge in [0.2, 0.25) is 11.7 Å². The van der Waals surface area contributed by atoms with Gasteiger partial charge in [-0.05, 0) is 30.3 Å². The summed E-state index contributed by atoms with van der Waals surface area (Å²) in [7, 11) is 1.44. The van der Waals surface area contributed by atoms with Crippen LogP contribution >= 0.6 is 11.6 Å².